The zero-order valence-corrected chi connectivity index (χ0v) is 12.1. The van der Waals surface area contributed by atoms with Crippen molar-refractivity contribution in [3.8, 4) is 0 Å². The van der Waals surface area contributed by atoms with Crippen LogP contribution in [0.1, 0.15) is 28.7 Å². The van der Waals surface area contributed by atoms with Gasteiger partial charge in [-0.25, -0.2) is 0 Å². The Bertz CT molecular complexity index is 637. The Morgan fingerprint density at radius 1 is 1.38 bits per heavy atom. The molecule has 0 bridgehead atoms. The highest BCUT2D eigenvalue weighted by atomic mass is 35.5. The second-order valence-corrected chi connectivity index (χ2v) is 5.04. The van der Waals surface area contributed by atoms with Crippen LogP contribution in [0.4, 0.5) is 13.2 Å². The molecule has 0 aliphatic carbocycles. The molecular weight excluding hydrogens is 307 g/mol. The number of aryl methyl sites for hydroxylation is 2. The molecule has 2 heterocycles. The van der Waals surface area contributed by atoms with Crippen molar-refractivity contribution in [3.05, 3.63) is 46.0 Å². The predicted molar refractivity (Wildman–Crippen MR) is 70.9 cm³/mol. The first kappa shape index (κ1) is 15.8. The van der Waals surface area contributed by atoms with Gasteiger partial charge in [0.25, 0.3) is 0 Å². The predicted octanol–water partition coefficient (Wildman–Crippen LogP) is 3.07. The lowest BCUT2D eigenvalue weighted by Gasteiger charge is -2.12. The maximum absolute atomic E-state index is 12.4. The molecule has 0 fully saturated rings. The van der Waals surface area contributed by atoms with E-state index in [1.54, 1.807) is 14.0 Å². The molecule has 1 unspecified atom stereocenters. The SMILES string of the molecule is Cc1nn(C)c(CC(O)c2ccc(C(F)(F)F)cn2)c1Cl. The number of aliphatic hydroxyl groups excluding tert-OH is 1. The Morgan fingerprint density at radius 3 is 2.48 bits per heavy atom. The molecule has 114 valence electrons. The third kappa shape index (κ3) is 3.36. The highest BCUT2D eigenvalue weighted by Crippen LogP contribution is 2.30. The second kappa shape index (κ2) is 5.65. The molecule has 0 radical (unpaired) electrons. The van der Waals surface area contributed by atoms with Crippen LogP contribution in [0.5, 0.6) is 0 Å². The number of halogens is 4. The van der Waals surface area contributed by atoms with Gasteiger partial charge < -0.3 is 5.11 Å². The van der Waals surface area contributed by atoms with Gasteiger partial charge in [-0.1, -0.05) is 11.6 Å². The molecule has 0 aliphatic heterocycles. The normalized spacial score (nSPS) is 13.5. The third-order valence-electron chi connectivity index (χ3n) is 3.10. The standard InChI is InChI=1S/C13H13ClF3N3O/c1-7-12(14)10(20(2)19-7)5-11(21)9-4-3-8(6-18-9)13(15,16)17/h3-4,6,11,21H,5H2,1-2H3. The smallest absolute Gasteiger partial charge is 0.386 e. The Labute approximate surface area is 124 Å². The zero-order valence-electron chi connectivity index (χ0n) is 11.3. The summed E-state index contributed by atoms with van der Waals surface area (Å²) in [6.07, 6.45) is -4.68. The summed E-state index contributed by atoms with van der Waals surface area (Å²) in [5.41, 5.74) is 0.524. The Balaban J connectivity index is 2.19. The fraction of sp³-hybridized carbons (Fsp3) is 0.385. The monoisotopic (exact) mass is 319 g/mol. The first-order valence-corrected chi connectivity index (χ1v) is 6.47. The topological polar surface area (TPSA) is 50.9 Å². The number of pyridine rings is 1. The number of alkyl halides is 3. The molecule has 1 atom stereocenters. The summed E-state index contributed by atoms with van der Waals surface area (Å²) in [6, 6.07) is 2.05. The van der Waals surface area contributed by atoms with E-state index in [4.69, 9.17) is 11.6 Å². The molecule has 0 aliphatic rings. The molecule has 2 aromatic heterocycles. The molecule has 0 spiro atoms. The third-order valence-corrected chi connectivity index (χ3v) is 3.60. The van der Waals surface area contributed by atoms with Crippen LogP contribution in [0, 0.1) is 6.92 Å². The summed E-state index contributed by atoms with van der Waals surface area (Å²) in [4.78, 5) is 3.66. The summed E-state index contributed by atoms with van der Waals surface area (Å²) in [5, 5.41) is 14.6. The van der Waals surface area contributed by atoms with Gasteiger partial charge in [-0.05, 0) is 19.1 Å². The van der Waals surface area contributed by atoms with Gasteiger partial charge >= 0.3 is 6.18 Å². The van der Waals surface area contributed by atoms with Crippen LogP contribution >= 0.6 is 11.6 Å². The van der Waals surface area contributed by atoms with Crippen LogP contribution in [-0.2, 0) is 19.6 Å². The van der Waals surface area contributed by atoms with E-state index in [2.05, 4.69) is 10.1 Å². The Morgan fingerprint density at radius 2 is 2.05 bits per heavy atom. The Kier molecular flexibility index (Phi) is 4.25. The summed E-state index contributed by atoms with van der Waals surface area (Å²) in [6.45, 7) is 1.73. The first-order chi connectivity index (χ1) is 9.70. The van der Waals surface area contributed by atoms with Crippen molar-refractivity contribution in [2.24, 2.45) is 7.05 Å². The quantitative estimate of drug-likeness (QED) is 0.946. The number of rotatable bonds is 3. The number of hydrogen-bond acceptors (Lipinski definition) is 3. The average Bonchev–Trinajstić information content (AvgIpc) is 2.64. The minimum Gasteiger partial charge on any atom is -0.386 e. The fourth-order valence-electron chi connectivity index (χ4n) is 1.96. The van der Waals surface area contributed by atoms with Gasteiger partial charge in [0.15, 0.2) is 0 Å². The van der Waals surface area contributed by atoms with Crippen LogP contribution < -0.4 is 0 Å². The minimum atomic E-state index is -4.45. The van der Waals surface area contributed by atoms with Crippen molar-refractivity contribution >= 4 is 11.6 Å². The fourth-order valence-corrected chi connectivity index (χ4v) is 2.20. The zero-order chi connectivity index (χ0) is 15.8. The highest BCUT2D eigenvalue weighted by molar-refractivity contribution is 6.31. The van der Waals surface area contributed by atoms with E-state index in [1.807, 2.05) is 0 Å². The lowest BCUT2D eigenvalue weighted by Crippen LogP contribution is -2.10. The van der Waals surface area contributed by atoms with Gasteiger partial charge in [0.05, 0.1) is 27.7 Å². The van der Waals surface area contributed by atoms with Crippen molar-refractivity contribution in [1.29, 1.82) is 0 Å². The van der Waals surface area contributed by atoms with Crippen LogP contribution in [-0.4, -0.2) is 19.9 Å². The number of aromatic nitrogens is 3. The molecule has 0 aromatic carbocycles. The van der Waals surface area contributed by atoms with E-state index in [1.165, 1.54) is 4.68 Å². The van der Waals surface area contributed by atoms with E-state index in [0.717, 1.165) is 12.1 Å². The van der Waals surface area contributed by atoms with Gasteiger partial charge in [0, 0.05) is 19.7 Å². The van der Waals surface area contributed by atoms with Crippen molar-refractivity contribution in [3.63, 3.8) is 0 Å². The number of aliphatic hydroxyl groups is 1. The number of nitrogens with zero attached hydrogens (tertiary/aromatic N) is 3. The summed E-state index contributed by atoms with van der Waals surface area (Å²) >= 11 is 6.07. The maximum atomic E-state index is 12.4. The van der Waals surface area contributed by atoms with Gasteiger partial charge in [0.2, 0.25) is 0 Å². The molecule has 0 amide bonds. The largest absolute Gasteiger partial charge is 0.417 e. The first-order valence-electron chi connectivity index (χ1n) is 6.09. The molecule has 2 rings (SSSR count). The maximum Gasteiger partial charge on any atom is 0.417 e. The van der Waals surface area contributed by atoms with Crippen LogP contribution in [0.3, 0.4) is 0 Å². The van der Waals surface area contributed by atoms with Crippen molar-refractivity contribution in [2.45, 2.75) is 25.6 Å². The molecule has 0 saturated heterocycles. The van der Waals surface area contributed by atoms with Crippen LogP contribution in [0.15, 0.2) is 18.3 Å². The van der Waals surface area contributed by atoms with Crippen LogP contribution in [0.25, 0.3) is 0 Å². The molecule has 21 heavy (non-hydrogen) atoms. The van der Waals surface area contributed by atoms with Crippen molar-refractivity contribution < 1.29 is 18.3 Å². The average molecular weight is 320 g/mol. The van der Waals surface area contributed by atoms with Gasteiger partial charge in [-0.3, -0.25) is 9.67 Å². The van der Waals surface area contributed by atoms with Gasteiger partial charge in [-0.2, -0.15) is 18.3 Å². The van der Waals surface area contributed by atoms with E-state index in [0.29, 0.717) is 22.6 Å². The molecule has 8 heteroatoms. The van der Waals surface area contributed by atoms with Gasteiger partial charge in [-0.15, -0.1) is 0 Å². The molecule has 0 saturated carbocycles. The molecular formula is C13H13ClF3N3O. The van der Waals surface area contributed by atoms with Crippen molar-refractivity contribution in [1.82, 2.24) is 14.8 Å². The minimum absolute atomic E-state index is 0.120. The highest BCUT2D eigenvalue weighted by Gasteiger charge is 2.31. The lowest BCUT2D eigenvalue weighted by atomic mass is 10.1. The lowest BCUT2D eigenvalue weighted by molar-refractivity contribution is -0.137. The number of hydrogen-bond donors (Lipinski definition) is 1. The Hall–Kier alpha value is -1.60. The summed E-state index contributed by atoms with van der Waals surface area (Å²) in [7, 11) is 1.68. The van der Waals surface area contributed by atoms with E-state index in [9.17, 15) is 18.3 Å². The molecule has 1 N–H and O–H groups in total. The van der Waals surface area contributed by atoms with Gasteiger partial charge in [0.1, 0.15) is 6.10 Å². The van der Waals surface area contributed by atoms with E-state index < -0.39 is 17.8 Å². The van der Waals surface area contributed by atoms with Crippen molar-refractivity contribution in [2.75, 3.05) is 0 Å². The van der Waals surface area contributed by atoms with E-state index in [-0.39, 0.29) is 12.1 Å². The summed E-state index contributed by atoms with van der Waals surface area (Å²) in [5.74, 6) is 0. The van der Waals surface area contributed by atoms with E-state index >= 15 is 0 Å². The molecule has 2 aromatic rings. The second-order valence-electron chi connectivity index (χ2n) is 4.66. The van der Waals surface area contributed by atoms with Crippen LogP contribution in [0.2, 0.25) is 5.02 Å². The summed E-state index contributed by atoms with van der Waals surface area (Å²) < 4.78 is 38.9. The molecule has 4 nitrogen and oxygen atoms in total.